The lowest BCUT2D eigenvalue weighted by Crippen LogP contribution is -2.17. The summed E-state index contributed by atoms with van der Waals surface area (Å²) >= 11 is 0. The molecule has 4 aromatic carbocycles. The summed E-state index contributed by atoms with van der Waals surface area (Å²) in [5, 5.41) is 2.76. The van der Waals surface area contributed by atoms with E-state index in [0.29, 0.717) is 23.7 Å². The minimum atomic E-state index is -0.0115. The van der Waals surface area contributed by atoms with Gasteiger partial charge in [0.25, 0.3) is 0 Å². The highest BCUT2D eigenvalue weighted by Crippen LogP contribution is 2.53. The molecule has 0 spiro atoms. The van der Waals surface area contributed by atoms with Crippen LogP contribution in [0.25, 0.3) is 27.5 Å². The van der Waals surface area contributed by atoms with Gasteiger partial charge < -0.3 is 0 Å². The number of hydrogen-bond donors (Lipinski definition) is 0. The fraction of sp³-hybridized carbons (Fsp3) is 0.366. The van der Waals surface area contributed by atoms with Crippen molar-refractivity contribution >= 4 is 16.3 Å². The van der Waals surface area contributed by atoms with E-state index in [1.165, 1.54) is 72.0 Å². The first-order valence-corrected chi connectivity index (χ1v) is 15.7. The van der Waals surface area contributed by atoms with Crippen LogP contribution < -0.4 is 0 Å². The number of hydrogen-bond acceptors (Lipinski definition) is 0. The lowest BCUT2D eigenvalue weighted by molar-refractivity contribution is 0.550. The molecule has 2 aliphatic rings. The Hall–Kier alpha value is -3.38. The first-order valence-electron chi connectivity index (χ1n) is 15.7. The molecular formula is C41H46. The Bertz CT molecular complexity index is 1720. The average Bonchev–Trinajstić information content (AvgIpc) is 3.20. The van der Waals surface area contributed by atoms with Gasteiger partial charge in [-0.25, -0.2) is 0 Å². The molecular weight excluding hydrogens is 492 g/mol. The Balaban J connectivity index is 1.38. The molecule has 0 nitrogen and oxygen atoms in total. The van der Waals surface area contributed by atoms with Crippen LogP contribution >= 0.6 is 0 Å². The van der Waals surface area contributed by atoms with Crippen LogP contribution in [-0.4, -0.2) is 0 Å². The van der Waals surface area contributed by atoms with Gasteiger partial charge in [-0.1, -0.05) is 133 Å². The molecule has 0 N–H and O–H groups in total. The maximum Gasteiger partial charge on any atom is 0.0159 e. The van der Waals surface area contributed by atoms with Crippen LogP contribution in [0, 0.1) is 12.8 Å². The molecule has 0 fully saturated rings. The Kier molecular flexibility index (Phi) is 6.88. The van der Waals surface area contributed by atoms with Crippen molar-refractivity contribution in [1.29, 1.82) is 0 Å². The Morgan fingerprint density at radius 2 is 1.39 bits per heavy atom. The highest BCUT2D eigenvalue weighted by atomic mass is 14.4. The molecule has 0 amide bonds. The minimum absolute atomic E-state index is 0.0115. The monoisotopic (exact) mass is 538 g/mol. The summed E-state index contributed by atoms with van der Waals surface area (Å²) in [5.74, 6) is 1.94. The van der Waals surface area contributed by atoms with E-state index in [1.54, 1.807) is 0 Å². The maximum absolute atomic E-state index is 2.53. The van der Waals surface area contributed by atoms with Gasteiger partial charge in [0.1, 0.15) is 0 Å². The zero-order valence-electron chi connectivity index (χ0n) is 26.5. The van der Waals surface area contributed by atoms with E-state index in [-0.39, 0.29) is 5.41 Å². The smallest absolute Gasteiger partial charge is 0.0159 e. The van der Waals surface area contributed by atoms with Crippen LogP contribution in [0.2, 0.25) is 0 Å². The molecule has 0 saturated carbocycles. The van der Waals surface area contributed by atoms with E-state index in [4.69, 9.17) is 0 Å². The number of allylic oxidation sites excluding steroid dienone is 4. The van der Waals surface area contributed by atoms with Crippen molar-refractivity contribution in [3.63, 3.8) is 0 Å². The van der Waals surface area contributed by atoms with Gasteiger partial charge in [-0.15, -0.1) is 0 Å². The molecule has 2 aliphatic carbocycles. The Morgan fingerprint density at radius 3 is 2.07 bits per heavy atom. The van der Waals surface area contributed by atoms with Crippen molar-refractivity contribution in [1.82, 2.24) is 0 Å². The maximum atomic E-state index is 2.53. The summed E-state index contributed by atoms with van der Waals surface area (Å²) < 4.78 is 0. The third kappa shape index (κ3) is 4.25. The van der Waals surface area contributed by atoms with E-state index >= 15 is 0 Å². The summed E-state index contributed by atoms with van der Waals surface area (Å²) in [6.45, 7) is 21.3. The second-order valence-corrected chi connectivity index (χ2v) is 13.5. The molecule has 210 valence electrons. The lowest BCUT2D eigenvalue weighted by atomic mass is 9.72. The van der Waals surface area contributed by atoms with Gasteiger partial charge in [0.15, 0.2) is 0 Å². The Morgan fingerprint density at radius 1 is 0.756 bits per heavy atom. The molecule has 0 aromatic heterocycles. The zero-order chi connectivity index (χ0) is 29.2. The van der Waals surface area contributed by atoms with Gasteiger partial charge >= 0.3 is 0 Å². The summed E-state index contributed by atoms with van der Waals surface area (Å²) in [5.41, 5.74) is 16.0. The zero-order valence-corrected chi connectivity index (χ0v) is 26.5. The van der Waals surface area contributed by atoms with Crippen LogP contribution in [-0.2, 0) is 5.41 Å². The van der Waals surface area contributed by atoms with E-state index in [1.807, 2.05) is 0 Å². The number of rotatable bonds is 5. The van der Waals surface area contributed by atoms with Crippen LogP contribution in [0.5, 0.6) is 0 Å². The standard InChI is InChI=1S/C41H46/c1-10-11-14-33-28(6)25(3)29(7)37-22-30(17-19-34(33)37)26(4)27(5)31-18-20-36-38(23-31)41(8,9)39-21-24(2)32-15-12-13-16-35(32)40(36)39/h11-23,25-27,29H,10H2,1-9H3/b14-11-. The van der Waals surface area contributed by atoms with Crippen LogP contribution in [0.3, 0.4) is 0 Å². The molecule has 0 radical (unpaired) electrons. The molecule has 4 unspecified atom stereocenters. The summed E-state index contributed by atoms with van der Waals surface area (Å²) in [6.07, 6.45) is 5.74. The van der Waals surface area contributed by atoms with Gasteiger partial charge in [-0.05, 0) is 110 Å². The molecule has 0 saturated heterocycles. The van der Waals surface area contributed by atoms with Gasteiger partial charge in [-0.3, -0.25) is 0 Å². The largest absolute Gasteiger partial charge is 0.0842 e. The van der Waals surface area contributed by atoms with Crippen molar-refractivity contribution in [2.75, 3.05) is 0 Å². The first-order chi connectivity index (χ1) is 19.6. The second-order valence-electron chi connectivity index (χ2n) is 13.5. The molecule has 0 bridgehead atoms. The average molecular weight is 539 g/mol. The summed E-state index contributed by atoms with van der Waals surface area (Å²) in [6, 6.07) is 26.1. The molecule has 0 aliphatic heterocycles. The molecule has 41 heavy (non-hydrogen) atoms. The van der Waals surface area contributed by atoms with Gasteiger partial charge in [0.05, 0.1) is 0 Å². The topological polar surface area (TPSA) is 0 Å². The van der Waals surface area contributed by atoms with Gasteiger partial charge in [-0.2, -0.15) is 0 Å². The van der Waals surface area contributed by atoms with Crippen molar-refractivity contribution < 1.29 is 0 Å². The second kappa shape index (κ2) is 10.2. The van der Waals surface area contributed by atoms with E-state index < -0.39 is 0 Å². The SMILES string of the molecule is CC/C=C\C1=C(C)C(C)C(C)c2cc(C(C)C(C)c3ccc4c(c3)C(C)(C)c3cc(C)c5ccccc5c3-4)ccc21. The predicted molar refractivity (Wildman–Crippen MR) is 179 cm³/mol. The van der Waals surface area contributed by atoms with Crippen LogP contribution in [0.15, 0.2) is 84.5 Å². The first kappa shape index (κ1) is 27.8. The minimum Gasteiger partial charge on any atom is -0.0842 e. The van der Waals surface area contributed by atoms with Crippen molar-refractivity contribution in [2.24, 2.45) is 5.92 Å². The van der Waals surface area contributed by atoms with Crippen molar-refractivity contribution in [3.05, 3.63) is 123 Å². The molecule has 4 atom stereocenters. The van der Waals surface area contributed by atoms with Crippen molar-refractivity contribution in [3.8, 4) is 11.1 Å². The molecule has 0 heterocycles. The van der Waals surface area contributed by atoms with Gasteiger partial charge in [0.2, 0.25) is 0 Å². The predicted octanol–water partition coefficient (Wildman–Crippen LogP) is 11.9. The molecule has 6 rings (SSSR count). The van der Waals surface area contributed by atoms with Gasteiger partial charge in [0, 0.05) is 5.41 Å². The van der Waals surface area contributed by atoms with Crippen molar-refractivity contribution in [2.45, 2.75) is 91.9 Å². The summed E-state index contributed by atoms with van der Waals surface area (Å²) in [7, 11) is 0. The van der Waals surface area contributed by atoms with Crippen LogP contribution in [0.1, 0.15) is 119 Å². The normalized spacial score (nSPS) is 20.7. The van der Waals surface area contributed by atoms with E-state index in [9.17, 15) is 0 Å². The van der Waals surface area contributed by atoms with E-state index in [0.717, 1.165) is 6.42 Å². The number of aryl methyl sites for hydroxylation is 1. The fourth-order valence-corrected chi connectivity index (χ4v) is 7.69. The number of benzene rings is 4. The lowest BCUT2D eigenvalue weighted by Gasteiger charge is -2.33. The molecule has 0 heteroatoms. The van der Waals surface area contributed by atoms with Crippen LogP contribution in [0.4, 0.5) is 0 Å². The molecule has 4 aromatic rings. The highest BCUT2D eigenvalue weighted by molar-refractivity contribution is 6.03. The van der Waals surface area contributed by atoms with E-state index in [2.05, 4.69) is 141 Å². The summed E-state index contributed by atoms with van der Waals surface area (Å²) in [4.78, 5) is 0. The Labute approximate surface area is 248 Å². The fourth-order valence-electron chi connectivity index (χ4n) is 7.69. The quantitative estimate of drug-likeness (QED) is 0.237. The highest BCUT2D eigenvalue weighted by Gasteiger charge is 2.37. The number of fused-ring (bicyclic) bond motifs is 6. The third-order valence-electron chi connectivity index (χ3n) is 10.9. The third-order valence-corrected chi connectivity index (χ3v) is 10.9.